The summed E-state index contributed by atoms with van der Waals surface area (Å²) in [4.78, 5) is 0. The van der Waals surface area contributed by atoms with Crippen molar-refractivity contribution in [3.63, 3.8) is 0 Å². The first-order valence-electron chi connectivity index (χ1n) is 15.1. The minimum absolute atomic E-state index is 0.372. The van der Waals surface area contributed by atoms with Gasteiger partial charge in [-0.25, -0.2) is 0 Å². The van der Waals surface area contributed by atoms with Gasteiger partial charge in [0.05, 0.1) is 5.60 Å². The molecule has 0 heterocycles. The summed E-state index contributed by atoms with van der Waals surface area (Å²) in [6, 6.07) is 0. The Bertz CT molecular complexity index is 1110. The predicted molar refractivity (Wildman–Crippen MR) is 187 cm³/mol. The molecule has 0 saturated carbocycles. The van der Waals surface area contributed by atoms with Gasteiger partial charge in [-0.1, -0.05) is 164 Å². The van der Waals surface area contributed by atoms with Gasteiger partial charge in [-0.05, 0) is 79.6 Å². The highest BCUT2D eigenvalue weighted by molar-refractivity contribution is 5.32. The zero-order valence-electron chi connectivity index (χ0n) is 27.7. The summed E-state index contributed by atoms with van der Waals surface area (Å²) < 4.78 is 0. The molecule has 0 aliphatic rings. The van der Waals surface area contributed by atoms with Gasteiger partial charge < -0.3 is 5.11 Å². The molecule has 0 fully saturated rings. The van der Waals surface area contributed by atoms with E-state index in [0.29, 0.717) is 11.8 Å². The van der Waals surface area contributed by atoms with Crippen molar-refractivity contribution in [3.05, 3.63) is 143 Å². The van der Waals surface area contributed by atoms with Crippen molar-refractivity contribution < 1.29 is 5.11 Å². The Morgan fingerprint density at radius 3 is 1.39 bits per heavy atom. The third-order valence-corrected chi connectivity index (χ3v) is 6.05. The highest BCUT2D eigenvalue weighted by Gasteiger charge is 2.10. The average Bonchev–Trinajstić information content (AvgIpc) is 2.85. The first-order valence-corrected chi connectivity index (χ1v) is 15.1. The van der Waals surface area contributed by atoms with Gasteiger partial charge >= 0.3 is 0 Å². The van der Waals surface area contributed by atoms with E-state index in [1.54, 1.807) is 0 Å². The van der Waals surface area contributed by atoms with Gasteiger partial charge in [0.15, 0.2) is 0 Å². The van der Waals surface area contributed by atoms with Crippen molar-refractivity contribution in [1.29, 1.82) is 0 Å². The van der Waals surface area contributed by atoms with Crippen LogP contribution in [-0.2, 0) is 0 Å². The van der Waals surface area contributed by atoms with Gasteiger partial charge in [0.2, 0.25) is 0 Å². The summed E-state index contributed by atoms with van der Waals surface area (Å²) in [5, 5.41) is 9.82. The molecule has 0 aromatic heterocycles. The van der Waals surface area contributed by atoms with Gasteiger partial charge in [-0.15, -0.1) is 0 Å². The van der Waals surface area contributed by atoms with Crippen LogP contribution in [-0.4, -0.2) is 10.7 Å². The van der Waals surface area contributed by atoms with Crippen LogP contribution < -0.4 is 0 Å². The molecule has 0 spiro atoms. The topological polar surface area (TPSA) is 20.2 Å². The second kappa shape index (κ2) is 22.5. The first kappa shape index (κ1) is 37.8. The molecular weight excluding hydrogens is 496 g/mol. The zero-order chi connectivity index (χ0) is 31.1. The maximum atomic E-state index is 9.82. The molecule has 1 nitrogen and oxygen atoms in total. The molecule has 0 saturated heterocycles. The lowest BCUT2D eigenvalue weighted by molar-refractivity contribution is 0.0689. The first-order chi connectivity index (χ1) is 19.3. The fourth-order valence-corrected chi connectivity index (χ4v) is 3.49. The molecule has 1 unspecified atom stereocenters. The molecule has 1 atom stereocenters. The van der Waals surface area contributed by atoms with Crippen LogP contribution in [0.3, 0.4) is 0 Å². The Balaban J connectivity index is 4.65. The monoisotopic (exact) mass is 554 g/mol. The second-order valence-electron chi connectivity index (χ2n) is 12.0. The molecule has 0 bridgehead atoms. The van der Waals surface area contributed by atoms with Crippen LogP contribution in [0.1, 0.15) is 88.5 Å². The maximum absolute atomic E-state index is 9.82. The number of rotatable bonds is 17. The van der Waals surface area contributed by atoms with E-state index >= 15 is 0 Å². The molecule has 1 N–H and O–H groups in total. The van der Waals surface area contributed by atoms with Crippen molar-refractivity contribution in [3.8, 4) is 0 Å². The van der Waals surface area contributed by atoms with Crippen LogP contribution in [0.5, 0.6) is 0 Å². The van der Waals surface area contributed by atoms with Crippen LogP contribution in [0, 0.1) is 11.8 Å². The Hall–Kier alpha value is -3.16. The van der Waals surface area contributed by atoms with E-state index in [9.17, 15) is 5.11 Å². The largest absolute Gasteiger partial charge is 0.390 e. The Morgan fingerprint density at radius 1 is 0.561 bits per heavy atom. The molecule has 0 amide bonds. The van der Waals surface area contributed by atoms with Crippen LogP contribution in [0.2, 0.25) is 0 Å². The van der Waals surface area contributed by atoms with E-state index < -0.39 is 5.60 Å². The summed E-state index contributed by atoms with van der Waals surface area (Å²) in [5.74, 6) is 0.950. The summed E-state index contributed by atoms with van der Waals surface area (Å²) in [6.45, 7) is 20.9. The van der Waals surface area contributed by atoms with Gasteiger partial charge in [0, 0.05) is 0 Å². The molecule has 224 valence electrons. The van der Waals surface area contributed by atoms with E-state index in [4.69, 9.17) is 0 Å². The molecule has 1 heteroatoms. The molecular formula is C40H58O. The lowest BCUT2D eigenvalue weighted by atomic mass is 9.99. The summed E-state index contributed by atoms with van der Waals surface area (Å²) >= 11 is 0. The van der Waals surface area contributed by atoms with E-state index in [1.165, 1.54) is 27.9 Å². The highest BCUT2D eigenvalue weighted by atomic mass is 16.3. The number of aliphatic hydroxyl groups is 1. The smallest absolute Gasteiger partial charge is 0.0591 e. The second-order valence-corrected chi connectivity index (χ2v) is 12.0. The van der Waals surface area contributed by atoms with Crippen LogP contribution in [0.4, 0.5) is 0 Å². The van der Waals surface area contributed by atoms with Crippen molar-refractivity contribution in [2.75, 3.05) is 0 Å². The van der Waals surface area contributed by atoms with Gasteiger partial charge in [-0.2, -0.15) is 0 Å². The van der Waals surface area contributed by atoms with Crippen LogP contribution >= 0.6 is 0 Å². The number of hydrogen-bond acceptors (Lipinski definition) is 1. The van der Waals surface area contributed by atoms with E-state index in [2.05, 4.69) is 171 Å². The van der Waals surface area contributed by atoms with Crippen molar-refractivity contribution in [1.82, 2.24) is 0 Å². The Labute approximate surface area is 253 Å². The average molecular weight is 555 g/mol. The van der Waals surface area contributed by atoms with Crippen molar-refractivity contribution in [2.24, 2.45) is 11.8 Å². The van der Waals surface area contributed by atoms with Crippen molar-refractivity contribution in [2.45, 2.75) is 94.1 Å². The van der Waals surface area contributed by atoms with Crippen LogP contribution in [0.15, 0.2) is 143 Å². The fourth-order valence-electron chi connectivity index (χ4n) is 3.49. The SMILES string of the molecule is CC(/C=C\C=C(C)/C=C/C=C(C)/C=C/C=C/C(C)=C/C=C/C(C)/C=C/C=C(\C)CCCC(C)(C)O)=C/C=C\C(C)C. The lowest BCUT2D eigenvalue weighted by Gasteiger charge is -2.16. The lowest BCUT2D eigenvalue weighted by Crippen LogP contribution is -2.17. The third-order valence-electron chi connectivity index (χ3n) is 6.05. The maximum Gasteiger partial charge on any atom is 0.0591 e. The standard InChI is InChI=1S/C40H58O/c1-33(2)19-13-22-36(5)25-16-28-37(6)26-14-23-34(3)20-11-12-21-35(4)24-15-27-38(7)29-17-30-39(8)31-18-32-40(9,10)41/h11-17,19-30,33,38,41H,18,31-32H2,1-10H3/b19-13-,20-11+,21-12+,25-16-,26-14+,27-15+,29-17+,34-23+,35-24+,36-22-,37-28-,39-30+. The Kier molecular flexibility index (Phi) is 20.8. The van der Waals surface area contributed by atoms with Crippen molar-refractivity contribution >= 4 is 0 Å². The molecule has 0 aromatic rings. The zero-order valence-corrected chi connectivity index (χ0v) is 27.7. The minimum Gasteiger partial charge on any atom is -0.390 e. The summed E-state index contributed by atoms with van der Waals surface area (Å²) in [7, 11) is 0. The highest BCUT2D eigenvalue weighted by Crippen LogP contribution is 2.15. The molecule has 0 radical (unpaired) electrons. The third kappa shape index (κ3) is 26.8. The van der Waals surface area contributed by atoms with Gasteiger partial charge in [0.1, 0.15) is 0 Å². The van der Waals surface area contributed by atoms with E-state index in [-0.39, 0.29) is 0 Å². The molecule has 0 aromatic carbocycles. The van der Waals surface area contributed by atoms with Gasteiger partial charge in [0.25, 0.3) is 0 Å². The summed E-state index contributed by atoms with van der Waals surface area (Å²) in [5.41, 5.74) is 5.64. The molecule has 41 heavy (non-hydrogen) atoms. The van der Waals surface area contributed by atoms with Crippen LogP contribution in [0.25, 0.3) is 0 Å². The number of allylic oxidation sites excluding steroid dienone is 24. The normalized spacial score (nSPS) is 16.6. The number of hydrogen-bond donors (Lipinski definition) is 1. The quantitative estimate of drug-likeness (QED) is 0.177. The van der Waals surface area contributed by atoms with Gasteiger partial charge in [-0.3, -0.25) is 0 Å². The minimum atomic E-state index is -0.572. The molecule has 0 aliphatic heterocycles. The Morgan fingerprint density at radius 2 is 0.951 bits per heavy atom. The fraction of sp³-hybridized carbons (Fsp3) is 0.400. The predicted octanol–water partition coefficient (Wildman–Crippen LogP) is 11.8. The van der Waals surface area contributed by atoms with E-state index in [0.717, 1.165) is 19.3 Å². The molecule has 0 rings (SSSR count). The summed E-state index contributed by atoms with van der Waals surface area (Å²) in [6.07, 6.45) is 43.4. The molecule has 0 aliphatic carbocycles. The van der Waals surface area contributed by atoms with E-state index in [1.807, 2.05) is 13.8 Å².